The predicted octanol–water partition coefficient (Wildman–Crippen LogP) is 3.98. The zero-order valence-corrected chi connectivity index (χ0v) is 11.3. The van der Waals surface area contributed by atoms with Gasteiger partial charge in [0.1, 0.15) is 0 Å². The van der Waals surface area contributed by atoms with Crippen LogP contribution in [0.25, 0.3) is 0 Å². The molecule has 0 aromatic rings. The summed E-state index contributed by atoms with van der Waals surface area (Å²) < 4.78 is 0. The number of hydrogen-bond donors (Lipinski definition) is 1. The van der Waals surface area contributed by atoms with Crippen LogP contribution in [0.1, 0.15) is 66.7 Å². The van der Waals surface area contributed by atoms with E-state index in [1.807, 2.05) is 0 Å². The van der Waals surface area contributed by atoms with Gasteiger partial charge in [0.15, 0.2) is 0 Å². The SMILES string of the molecule is CC(C)CCC(C)NC1CCCC1(C)C. The Morgan fingerprint density at radius 3 is 2.33 bits per heavy atom. The highest BCUT2D eigenvalue weighted by molar-refractivity contribution is 4.91. The summed E-state index contributed by atoms with van der Waals surface area (Å²) in [5.74, 6) is 0.839. The molecule has 1 fully saturated rings. The Morgan fingerprint density at radius 1 is 1.20 bits per heavy atom. The van der Waals surface area contributed by atoms with Gasteiger partial charge in [-0.25, -0.2) is 0 Å². The summed E-state index contributed by atoms with van der Waals surface area (Å²) in [5.41, 5.74) is 0.520. The van der Waals surface area contributed by atoms with Crippen molar-refractivity contribution >= 4 is 0 Å². The molecule has 1 aliphatic rings. The molecule has 1 rings (SSSR count). The summed E-state index contributed by atoms with van der Waals surface area (Å²) >= 11 is 0. The quantitative estimate of drug-likeness (QED) is 0.725. The van der Waals surface area contributed by atoms with E-state index in [9.17, 15) is 0 Å². The van der Waals surface area contributed by atoms with Gasteiger partial charge in [-0.1, -0.05) is 34.1 Å². The first kappa shape index (κ1) is 13.0. The van der Waals surface area contributed by atoms with E-state index in [0.717, 1.165) is 12.0 Å². The van der Waals surface area contributed by atoms with Gasteiger partial charge in [0.2, 0.25) is 0 Å². The van der Waals surface area contributed by atoms with Gasteiger partial charge in [0.25, 0.3) is 0 Å². The molecular formula is C14H29N. The molecule has 0 heterocycles. The van der Waals surface area contributed by atoms with E-state index in [2.05, 4.69) is 39.9 Å². The van der Waals surface area contributed by atoms with Crippen molar-refractivity contribution < 1.29 is 0 Å². The molecule has 1 nitrogen and oxygen atoms in total. The molecule has 0 amide bonds. The Morgan fingerprint density at radius 2 is 1.87 bits per heavy atom. The minimum atomic E-state index is 0.520. The average Bonchev–Trinajstić information content (AvgIpc) is 2.43. The molecule has 1 N–H and O–H groups in total. The lowest BCUT2D eigenvalue weighted by atomic mass is 9.87. The summed E-state index contributed by atoms with van der Waals surface area (Å²) in [6.07, 6.45) is 6.84. The summed E-state index contributed by atoms with van der Waals surface area (Å²) in [5, 5.41) is 3.82. The van der Waals surface area contributed by atoms with Gasteiger partial charge >= 0.3 is 0 Å². The van der Waals surface area contributed by atoms with Crippen LogP contribution >= 0.6 is 0 Å². The van der Waals surface area contributed by atoms with Gasteiger partial charge in [-0.2, -0.15) is 0 Å². The second kappa shape index (κ2) is 5.34. The maximum atomic E-state index is 3.82. The molecule has 0 aromatic heterocycles. The average molecular weight is 211 g/mol. The molecular weight excluding hydrogens is 182 g/mol. The van der Waals surface area contributed by atoms with Crippen LogP contribution in [-0.4, -0.2) is 12.1 Å². The minimum Gasteiger partial charge on any atom is -0.311 e. The van der Waals surface area contributed by atoms with E-state index < -0.39 is 0 Å². The van der Waals surface area contributed by atoms with Gasteiger partial charge in [0, 0.05) is 12.1 Å². The summed E-state index contributed by atoms with van der Waals surface area (Å²) in [7, 11) is 0. The molecule has 0 aromatic carbocycles. The normalized spacial score (nSPS) is 27.2. The molecule has 2 atom stereocenters. The molecule has 90 valence electrons. The third-order valence-electron chi connectivity index (χ3n) is 3.92. The van der Waals surface area contributed by atoms with Gasteiger partial charge in [-0.15, -0.1) is 0 Å². The Labute approximate surface area is 96.0 Å². The van der Waals surface area contributed by atoms with Crippen molar-refractivity contribution in [2.75, 3.05) is 0 Å². The Bertz CT molecular complexity index is 184. The van der Waals surface area contributed by atoms with Crippen LogP contribution in [0.2, 0.25) is 0 Å². The van der Waals surface area contributed by atoms with Gasteiger partial charge in [-0.05, 0) is 43.9 Å². The highest BCUT2D eigenvalue weighted by Gasteiger charge is 2.34. The largest absolute Gasteiger partial charge is 0.311 e. The fraction of sp³-hybridized carbons (Fsp3) is 1.00. The maximum Gasteiger partial charge on any atom is 0.0121 e. The highest BCUT2D eigenvalue weighted by Crippen LogP contribution is 2.37. The third-order valence-corrected chi connectivity index (χ3v) is 3.92. The first-order chi connectivity index (χ1) is 6.92. The van der Waals surface area contributed by atoms with Gasteiger partial charge < -0.3 is 5.32 Å². The van der Waals surface area contributed by atoms with Crippen molar-refractivity contribution in [1.82, 2.24) is 5.32 Å². The zero-order valence-electron chi connectivity index (χ0n) is 11.3. The Kier molecular flexibility index (Phi) is 4.64. The fourth-order valence-electron chi connectivity index (χ4n) is 2.65. The lowest BCUT2D eigenvalue weighted by Gasteiger charge is -2.31. The van der Waals surface area contributed by atoms with E-state index in [-0.39, 0.29) is 0 Å². The fourth-order valence-corrected chi connectivity index (χ4v) is 2.65. The zero-order chi connectivity index (χ0) is 11.5. The van der Waals surface area contributed by atoms with Crippen molar-refractivity contribution in [2.45, 2.75) is 78.8 Å². The summed E-state index contributed by atoms with van der Waals surface area (Å²) in [4.78, 5) is 0. The molecule has 2 unspecified atom stereocenters. The molecule has 0 saturated heterocycles. The van der Waals surface area contributed by atoms with Crippen molar-refractivity contribution in [1.29, 1.82) is 0 Å². The monoisotopic (exact) mass is 211 g/mol. The maximum absolute atomic E-state index is 3.82. The first-order valence-electron chi connectivity index (χ1n) is 6.68. The van der Waals surface area contributed by atoms with Crippen LogP contribution in [0.15, 0.2) is 0 Å². The van der Waals surface area contributed by atoms with Crippen molar-refractivity contribution in [3.63, 3.8) is 0 Å². The summed E-state index contributed by atoms with van der Waals surface area (Å²) in [6.45, 7) is 11.8. The van der Waals surface area contributed by atoms with E-state index in [0.29, 0.717) is 11.5 Å². The van der Waals surface area contributed by atoms with Crippen LogP contribution < -0.4 is 5.32 Å². The predicted molar refractivity (Wildman–Crippen MR) is 68.1 cm³/mol. The molecule has 1 heteroatoms. The summed E-state index contributed by atoms with van der Waals surface area (Å²) in [6, 6.07) is 1.44. The second-order valence-corrected chi connectivity index (χ2v) is 6.47. The third kappa shape index (κ3) is 4.14. The van der Waals surface area contributed by atoms with Crippen molar-refractivity contribution in [3.8, 4) is 0 Å². The minimum absolute atomic E-state index is 0.520. The van der Waals surface area contributed by atoms with Crippen molar-refractivity contribution in [3.05, 3.63) is 0 Å². The van der Waals surface area contributed by atoms with E-state index in [4.69, 9.17) is 0 Å². The van der Waals surface area contributed by atoms with Crippen LogP contribution in [0.5, 0.6) is 0 Å². The molecule has 0 radical (unpaired) electrons. The Hall–Kier alpha value is -0.0400. The molecule has 0 spiro atoms. The van der Waals surface area contributed by atoms with Gasteiger partial charge in [0.05, 0.1) is 0 Å². The standard InChI is InChI=1S/C14H29N/c1-11(2)8-9-12(3)15-13-7-6-10-14(13,4)5/h11-13,15H,6-10H2,1-5H3. The first-order valence-corrected chi connectivity index (χ1v) is 6.68. The van der Waals surface area contributed by atoms with Gasteiger partial charge in [-0.3, -0.25) is 0 Å². The van der Waals surface area contributed by atoms with E-state index >= 15 is 0 Å². The van der Waals surface area contributed by atoms with Crippen LogP contribution in [0.3, 0.4) is 0 Å². The smallest absolute Gasteiger partial charge is 0.0121 e. The second-order valence-electron chi connectivity index (χ2n) is 6.47. The Balaban J connectivity index is 2.28. The van der Waals surface area contributed by atoms with Crippen LogP contribution in [-0.2, 0) is 0 Å². The molecule has 1 aliphatic carbocycles. The number of hydrogen-bond acceptors (Lipinski definition) is 1. The van der Waals surface area contributed by atoms with E-state index in [1.165, 1.54) is 32.1 Å². The van der Waals surface area contributed by atoms with Crippen LogP contribution in [0, 0.1) is 11.3 Å². The lowest BCUT2D eigenvalue weighted by molar-refractivity contribution is 0.258. The molecule has 0 aliphatic heterocycles. The van der Waals surface area contributed by atoms with Crippen molar-refractivity contribution in [2.24, 2.45) is 11.3 Å². The topological polar surface area (TPSA) is 12.0 Å². The van der Waals surface area contributed by atoms with Crippen LogP contribution in [0.4, 0.5) is 0 Å². The highest BCUT2D eigenvalue weighted by atomic mass is 15.0. The number of rotatable bonds is 5. The van der Waals surface area contributed by atoms with E-state index in [1.54, 1.807) is 0 Å². The lowest BCUT2D eigenvalue weighted by Crippen LogP contribution is -2.42. The molecule has 0 bridgehead atoms. The molecule has 1 saturated carbocycles. The number of nitrogens with one attached hydrogen (secondary N) is 1. The molecule has 15 heavy (non-hydrogen) atoms.